The van der Waals surface area contributed by atoms with Gasteiger partial charge in [0.1, 0.15) is 0 Å². The second-order valence-electron chi connectivity index (χ2n) is 3.69. The number of hydrogen-bond acceptors (Lipinski definition) is 3. The standard InChI is InChI=1S/C13H13N3O/c1-2-6-16-9-11(8-15-16)13(17)10-4-3-5-12(14)7-10/h2-5,7-9H,1,6,14H2. The summed E-state index contributed by atoms with van der Waals surface area (Å²) in [5.41, 5.74) is 7.34. The minimum Gasteiger partial charge on any atom is -0.399 e. The molecule has 0 spiro atoms. The molecule has 2 N–H and O–H groups in total. The molecule has 0 atom stereocenters. The predicted octanol–water partition coefficient (Wildman–Crippen LogP) is 1.88. The minimum atomic E-state index is -0.0763. The van der Waals surface area contributed by atoms with Crippen molar-refractivity contribution >= 4 is 11.5 Å². The molecule has 0 bridgehead atoms. The molecule has 2 rings (SSSR count). The number of nitrogen functional groups attached to an aromatic ring is 1. The molecule has 2 aromatic rings. The summed E-state index contributed by atoms with van der Waals surface area (Å²) in [5.74, 6) is -0.0763. The van der Waals surface area contributed by atoms with E-state index < -0.39 is 0 Å². The summed E-state index contributed by atoms with van der Waals surface area (Å²) in [6.07, 6.45) is 4.98. The Bertz CT molecular complexity index is 557. The predicted molar refractivity (Wildman–Crippen MR) is 66.7 cm³/mol. The lowest BCUT2D eigenvalue weighted by Crippen LogP contribution is -2.01. The van der Waals surface area contributed by atoms with Crippen molar-refractivity contribution in [1.82, 2.24) is 9.78 Å². The molecule has 0 amide bonds. The lowest BCUT2D eigenvalue weighted by molar-refractivity contribution is 0.103. The fourth-order valence-electron chi connectivity index (χ4n) is 1.56. The molecule has 0 aliphatic carbocycles. The molecule has 4 nitrogen and oxygen atoms in total. The van der Waals surface area contributed by atoms with E-state index in [1.54, 1.807) is 47.4 Å². The highest BCUT2D eigenvalue weighted by molar-refractivity contribution is 6.09. The van der Waals surface area contributed by atoms with Crippen molar-refractivity contribution in [1.29, 1.82) is 0 Å². The lowest BCUT2D eigenvalue weighted by Gasteiger charge is -1.99. The molecule has 4 heteroatoms. The van der Waals surface area contributed by atoms with Crippen LogP contribution in [-0.4, -0.2) is 15.6 Å². The lowest BCUT2D eigenvalue weighted by atomic mass is 10.1. The van der Waals surface area contributed by atoms with Crippen LogP contribution in [0, 0.1) is 0 Å². The molecule has 0 saturated carbocycles. The Morgan fingerprint density at radius 3 is 3.00 bits per heavy atom. The second-order valence-corrected chi connectivity index (χ2v) is 3.69. The van der Waals surface area contributed by atoms with Crippen LogP contribution < -0.4 is 5.73 Å². The first-order valence-electron chi connectivity index (χ1n) is 5.24. The Hall–Kier alpha value is -2.36. The van der Waals surface area contributed by atoms with Gasteiger partial charge in [0.2, 0.25) is 0 Å². The molecule has 1 aromatic carbocycles. The molecule has 0 aliphatic heterocycles. The highest BCUT2D eigenvalue weighted by Gasteiger charge is 2.11. The van der Waals surface area contributed by atoms with E-state index in [0.29, 0.717) is 23.4 Å². The maximum atomic E-state index is 12.1. The van der Waals surface area contributed by atoms with E-state index in [1.165, 1.54) is 0 Å². The summed E-state index contributed by atoms with van der Waals surface area (Å²) >= 11 is 0. The normalized spacial score (nSPS) is 10.1. The van der Waals surface area contributed by atoms with Crippen molar-refractivity contribution in [2.75, 3.05) is 5.73 Å². The number of aromatic nitrogens is 2. The quantitative estimate of drug-likeness (QED) is 0.493. The largest absolute Gasteiger partial charge is 0.399 e. The summed E-state index contributed by atoms with van der Waals surface area (Å²) in [5, 5.41) is 4.07. The van der Waals surface area contributed by atoms with Gasteiger partial charge < -0.3 is 5.73 Å². The third-order valence-electron chi connectivity index (χ3n) is 2.36. The van der Waals surface area contributed by atoms with E-state index in [9.17, 15) is 4.79 Å². The zero-order chi connectivity index (χ0) is 12.3. The van der Waals surface area contributed by atoms with Crippen LogP contribution >= 0.6 is 0 Å². The van der Waals surface area contributed by atoms with Crippen LogP contribution in [0.2, 0.25) is 0 Å². The van der Waals surface area contributed by atoms with Crippen LogP contribution in [0.1, 0.15) is 15.9 Å². The van der Waals surface area contributed by atoms with Crippen LogP contribution in [0.5, 0.6) is 0 Å². The van der Waals surface area contributed by atoms with Crippen LogP contribution in [0.3, 0.4) is 0 Å². The van der Waals surface area contributed by atoms with E-state index in [2.05, 4.69) is 11.7 Å². The Morgan fingerprint density at radius 1 is 1.47 bits per heavy atom. The van der Waals surface area contributed by atoms with Gasteiger partial charge in [-0.05, 0) is 12.1 Å². The van der Waals surface area contributed by atoms with Crippen molar-refractivity contribution in [3.63, 3.8) is 0 Å². The van der Waals surface area contributed by atoms with Gasteiger partial charge in [-0.15, -0.1) is 6.58 Å². The van der Waals surface area contributed by atoms with Gasteiger partial charge in [-0.25, -0.2) is 0 Å². The van der Waals surface area contributed by atoms with E-state index in [1.807, 2.05) is 0 Å². The van der Waals surface area contributed by atoms with Crippen molar-refractivity contribution in [2.24, 2.45) is 0 Å². The van der Waals surface area contributed by atoms with Crippen molar-refractivity contribution in [2.45, 2.75) is 6.54 Å². The third-order valence-corrected chi connectivity index (χ3v) is 2.36. The summed E-state index contributed by atoms with van der Waals surface area (Å²) in [4.78, 5) is 12.1. The summed E-state index contributed by atoms with van der Waals surface area (Å²) in [6.45, 7) is 4.21. The molecule has 0 unspecified atom stereocenters. The Balaban J connectivity index is 2.27. The molecule has 1 heterocycles. The molecule has 0 radical (unpaired) electrons. The number of ketones is 1. The van der Waals surface area contributed by atoms with E-state index in [-0.39, 0.29) is 5.78 Å². The molecular formula is C13H13N3O. The molecule has 0 fully saturated rings. The number of benzene rings is 1. The van der Waals surface area contributed by atoms with E-state index in [0.717, 1.165) is 0 Å². The zero-order valence-corrected chi connectivity index (χ0v) is 9.34. The maximum absolute atomic E-state index is 12.1. The number of rotatable bonds is 4. The molecule has 0 aliphatic rings. The van der Waals surface area contributed by atoms with Gasteiger partial charge in [0, 0.05) is 17.4 Å². The van der Waals surface area contributed by atoms with Gasteiger partial charge in [-0.2, -0.15) is 5.10 Å². The number of hydrogen-bond donors (Lipinski definition) is 1. The van der Waals surface area contributed by atoms with Gasteiger partial charge in [-0.3, -0.25) is 9.48 Å². The number of carbonyl (C=O) groups is 1. The third kappa shape index (κ3) is 2.42. The fourth-order valence-corrected chi connectivity index (χ4v) is 1.56. The van der Waals surface area contributed by atoms with Gasteiger partial charge in [0.05, 0.1) is 18.3 Å². The first kappa shape index (κ1) is 11.1. The number of allylic oxidation sites excluding steroid dienone is 1. The van der Waals surface area contributed by atoms with Crippen LogP contribution in [0.25, 0.3) is 0 Å². The number of carbonyl (C=O) groups excluding carboxylic acids is 1. The summed E-state index contributed by atoms with van der Waals surface area (Å²) in [7, 11) is 0. The molecule has 1 aromatic heterocycles. The Labute approximate surface area is 99.4 Å². The molecule has 0 saturated heterocycles. The van der Waals surface area contributed by atoms with Crippen LogP contribution in [0.4, 0.5) is 5.69 Å². The Morgan fingerprint density at radius 2 is 2.29 bits per heavy atom. The number of nitrogens with two attached hydrogens (primary N) is 1. The van der Waals surface area contributed by atoms with Crippen molar-refractivity contribution in [3.05, 3.63) is 60.4 Å². The topological polar surface area (TPSA) is 60.9 Å². The monoisotopic (exact) mass is 227 g/mol. The smallest absolute Gasteiger partial charge is 0.196 e. The second kappa shape index (κ2) is 4.65. The SMILES string of the molecule is C=CCn1cc(C(=O)c2cccc(N)c2)cn1. The average Bonchev–Trinajstić information content (AvgIpc) is 2.77. The molecular weight excluding hydrogens is 214 g/mol. The highest BCUT2D eigenvalue weighted by Crippen LogP contribution is 2.12. The summed E-state index contributed by atoms with van der Waals surface area (Å²) < 4.78 is 1.66. The van der Waals surface area contributed by atoms with Crippen molar-refractivity contribution < 1.29 is 4.79 Å². The first-order valence-corrected chi connectivity index (χ1v) is 5.24. The van der Waals surface area contributed by atoms with Gasteiger partial charge >= 0.3 is 0 Å². The van der Waals surface area contributed by atoms with Gasteiger partial charge in [0.15, 0.2) is 5.78 Å². The van der Waals surface area contributed by atoms with E-state index in [4.69, 9.17) is 5.73 Å². The van der Waals surface area contributed by atoms with E-state index >= 15 is 0 Å². The Kier molecular flexibility index (Phi) is 3.05. The first-order chi connectivity index (χ1) is 8.20. The van der Waals surface area contributed by atoms with Crippen LogP contribution in [-0.2, 0) is 6.54 Å². The van der Waals surface area contributed by atoms with Gasteiger partial charge in [-0.1, -0.05) is 18.2 Å². The maximum Gasteiger partial charge on any atom is 0.196 e. The molecule has 86 valence electrons. The van der Waals surface area contributed by atoms with Gasteiger partial charge in [0.25, 0.3) is 0 Å². The van der Waals surface area contributed by atoms with Crippen molar-refractivity contribution in [3.8, 4) is 0 Å². The highest BCUT2D eigenvalue weighted by atomic mass is 16.1. The number of nitrogens with zero attached hydrogens (tertiary/aromatic N) is 2. The fraction of sp³-hybridized carbons (Fsp3) is 0.0769. The van der Waals surface area contributed by atoms with Crippen LogP contribution in [0.15, 0.2) is 49.3 Å². The summed E-state index contributed by atoms with van der Waals surface area (Å²) in [6, 6.07) is 6.91. The zero-order valence-electron chi connectivity index (χ0n) is 9.34. The molecule has 17 heavy (non-hydrogen) atoms. The average molecular weight is 227 g/mol. The minimum absolute atomic E-state index is 0.0763. The number of anilines is 1.